The van der Waals surface area contributed by atoms with Crippen molar-refractivity contribution in [2.45, 2.75) is 19.8 Å². The van der Waals surface area contributed by atoms with Crippen LogP contribution in [0.25, 0.3) is 16.6 Å². The first-order chi connectivity index (χ1) is 11.7. The Morgan fingerprint density at radius 3 is 2.62 bits per heavy atom. The molecule has 1 amide bonds. The lowest BCUT2D eigenvalue weighted by Crippen LogP contribution is -2.39. The van der Waals surface area contributed by atoms with Crippen LogP contribution in [0.1, 0.15) is 30.3 Å². The number of likely N-dealkylation sites (tertiary alicyclic amines) is 1. The van der Waals surface area contributed by atoms with Gasteiger partial charge in [-0.3, -0.25) is 4.79 Å². The number of fused-ring (bicyclic) bond motifs is 1. The van der Waals surface area contributed by atoms with Gasteiger partial charge in [-0.05, 0) is 37.0 Å². The van der Waals surface area contributed by atoms with Crippen LogP contribution in [0.5, 0.6) is 0 Å². The van der Waals surface area contributed by atoms with Gasteiger partial charge in [0.05, 0.1) is 11.2 Å². The highest BCUT2D eigenvalue weighted by atomic mass is 16.2. The zero-order valence-corrected chi connectivity index (χ0v) is 13.9. The molecule has 122 valence electrons. The Labute approximate surface area is 141 Å². The molecule has 4 rings (SSSR count). The number of nitrogens with zero attached hydrogens (tertiary/aromatic N) is 3. The Morgan fingerprint density at radius 2 is 1.83 bits per heavy atom. The van der Waals surface area contributed by atoms with E-state index in [0.717, 1.165) is 36.1 Å². The number of carbonyl (C=O) groups is 1. The standard InChI is InChI=1S/C20H21N3O/c1-15-8-7-13-22(14-15)20(24)19-17-11-5-6-12-18(17)23(21-19)16-9-3-2-4-10-16/h2-6,9-12,15H,7-8,13-14H2,1H3. The van der Waals surface area contributed by atoms with E-state index in [1.54, 1.807) is 0 Å². The van der Waals surface area contributed by atoms with Crippen molar-refractivity contribution in [3.8, 4) is 5.69 Å². The highest BCUT2D eigenvalue weighted by Crippen LogP contribution is 2.25. The molecule has 24 heavy (non-hydrogen) atoms. The maximum absolute atomic E-state index is 13.1. The molecule has 3 aromatic rings. The van der Waals surface area contributed by atoms with Gasteiger partial charge in [0.25, 0.3) is 5.91 Å². The van der Waals surface area contributed by atoms with Crippen molar-refractivity contribution in [1.29, 1.82) is 0 Å². The average Bonchev–Trinajstić information content (AvgIpc) is 3.01. The number of benzene rings is 2. The van der Waals surface area contributed by atoms with E-state index < -0.39 is 0 Å². The zero-order chi connectivity index (χ0) is 16.5. The number of amides is 1. The second-order valence-electron chi connectivity index (χ2n) is 6.61. The van der Waals surface area contributed by atoms with Crippen LogP contribution in [0.3, 0.4) is 0 Å². The van der Waals surface area contributed by atoms with Gasteiger partial charge >= 0.3 is 0 Å². The maximum Gasteiger partial charge on any atom is 0.275 e. The van der Waals surface area contributed by atoms with Crippen LogP contribution >= 0.6 is 0 Å². The lowest BCUT2D eigenvalue weighted by atomic mass is 10.00. The van der Waals surface area contributed by atoms with Crippen molar-refractivity contribution in [2.24, 2.45) is 5.92 Å². The lowest BCUT2D eigenvalue weighted by molar-refractivity contribution is 0.0678. The van der Waals surface area contributed by atoms with E-state index >= 15 is 0 Å². The van der Waals surface area contributed by atoms with Crippen LogP contribution in [0.4, 0.5) is 0 Å². The summed E-state index contributed by atoms with van der Waals surface area (Å²) in [5, 5.41) is 5.61. The van der Waals surface area contributed by atoms with Gasteiger partial charge in [-0.2, -0.15) is 5.10 Å². The summed E-state index contributed by atoms with van der Waals surface area (Å²) in [5.74, 6) is 0.609. The minimum atomic E-state index is 0.0485. The molecule has 4 nitrogen and oxygen atoms in total. The summed E-state index contributed by atoms with van der Waals surface area (Å²) >= 11 is 0. The quantitative estimate of drug-likeness (QED) is 0.718. The molecule has 1 aliphatic rings. The van der Waals surface area contributed by atoms with Crippen molar-refractivity contribution in [2.75, 3.05) is 13.1 Å². The molecule has 1 saturated heterocycles. The highest BCUT2D eigenvalue weighted by Gasteiger charge is 2.26. The van der Waals surface area contributed by atoms with E-state index in [1.165, 1.54) is 6.42 Å². The van der Waals surface area contributed by atoms with Gasteiger partial charge in [0.2, 0.25) is 0 Å². The summed E-state index contributed by atoms with van der Waals surface area (Å²) in [6.45, 7) is 3.86. The summed E-state index contributed by atoms with van der Waals surface area (Å²) in [5.41, 5.74) is 2.50. The third-order valence-electron chi connectivity index (χ3n) is 4.73. The second kappa shape index (κ2) is 6.11. The Hall–Kier alpha value is -2.62. The van der Waals surface area contributed by atoms with Crippen molar-refractivity contribution in [3.63, 3.8) is 0 Å². The van der Waals surface area contributed by atoms with Crippen molar-refractivity contribution >= 4 is 16.8 Å². The molecule has 2 aromatic carbocycles. The third kappa shape index (κ3) is 2.58. The number of hydrogen-bond donors (Lipinski definition) is 0. The molecule has 1 fully saturated rings. The van der Waals surface area contributed by atoms with E-state index in [4.69, 9.17) is 0 Å². The summed E-state index contributed by atoms with van der Waals surface area (Å²) in [6, 6.07) is 17.9. The van der Waals surface area contributed by atoms with E-state index in [0.29, 0.717) is 11.6 Å². The Morgan fingerprint density at radius 1 is 1.08 bits per heavy atom. The number of rotatable bonds is 2. The van der Waals surface area contributed by atoms with Gasteiger partial charge in [0.15, 0.2) is 5.69 Å². The number of piperidine rings is 1. The molecule has 0 N–H and O–H groups in total. The molecule has 0 saturated carbocycles. The van der Waals surface area contributed by atoms with Gasteiger partial charge in [-0.1, -0.05) is 43.3 Å². The molecule has 1 atom stereocenters. The predicted molar refractivity (Wildman–Crippen MR) is 95.4 cm³/mol. The van der Waals surface area contributed by atoms with Gasteiger partial charge in [-0.25, -0.2) is 4.68 Å². The van der Waals surface area contributed by atoms with Crippen molar-refractivity contribution < 1.29 is 4.79 Å². The van der Waals surface area contributed by atoms with Gasteiger partial charge in [0, 0.05) is 18.5 Å². The lowest BCUT2D eigenvalue weighted by Gasteiger charge is -2.30. The Balaban J connectivity index is 1.80. The van der Waals surface area contributed by atoms with Gasteiger partial charge in [-0.15, -0.1) is 0 Å². The fourth-order valence-corrected chi connectivity index (χ4v) is 3.51. The average molecular weight is 319 g/mol. The fraction of sp³-hybridized carbons (Fsp3) is 0.300. The predicted octanol–water partition coefficient (Wildman–Crippen LogP) is 3.90. The third-order valence-corrected chi connectivity index (χ3v) is 4.73. The molecular weight excluding hydrogens is 298 g/mol. The molecule has 1 aromatic heterocycles. The largest absolute Gasteiger partial charge is 0.337 e. The molecule has 0 bridgehead atoms. The van der Waals surface area contributed by atoms with Gasteiger partial charge in [0.1, 0.15) is 0 Å². The number of aromatic nitrogens is 2. The van der Waals surface area contributed by atoms with Crippen LogP contribution in [0.2, 0.25) is 0 Å². The summed E-state index contributed by atoms with van der Waals surface area (Å²) in [7, 11) is 0. The van der Waals surface area contributed by atoms with Gasteiger partial charge < -0.3 is 4.90 Å². The molecule has 0 spiro atoms. The van der Waals surface area contributed by atoms with E-state index in [2.05, 4.69) is 12.0 Å². The topological polar surface area (TPSA) is 38.1 Å². The minimum Gasteiger partial charge on any atom is -0.337 e. The number of hydrogen-bond acceptors (Lipinski definition) is 2. The molecule has 0 radical (unpaired) electrons. The first-order valence-corrected chi connectivity index (χ1v) is 8.56. The summed E-state index contributed by atoms with van der Waals surface area (Å²) < 4.78 is 1.87. The smallest absolute Gasteiger partial charge is 0.275 e. The molecule has 1 aliphatic heterocycles. The minimum absolute atomic E-state index is 0.0485. The fourth-order valence-electron chi connectivity index (χ4n) is 3.51. The molecule has 1 unspecified atom stereocenters. The van der Waals surface area contributed by atoms with Crippen molar-refractivity contribution in [3.05, 3.63) is 60.3 Å². The second-order valence-corrected chi connectivity index (χ2v) is 6.61. The Bertz CT molecular complexity index is 869. The van der Waals surface area contributed by atoms with Crippen LogP contribution in [-0.4, -0.2) is 33.7 Å². The summed E-state index contributed by atoms with van der Waals surface area (Å²) in [6.07, 6.45) is 2.27. The van der Waals surface area contributed by atoms with E-state index in [-0.39, 0.29) is 5.91 Å². The van der Waals surface area contributed by atoms with Crippen LogP contribution in [0, 0.1) is 5.92 Å². The van der Waals surface area contributed by atoms with E-state index in [9.17, 15) is 4.79 Å². The first kappa shape index (κ1) is 14.9. The molecular formula is C20H21N3O. The monoisotopic (exact) mass is 319 g/mol. The molecule has 2 heterocycles. The van der Waals surface area contributed by atoms with E-state index in [1.807, 2.05) is 64.2 Å². The van der Waals surface area contributed by atoms with Crippen LogP contribution < -0.4 is 0 Å². The number of para-hydroxylation sites is 2. The van der Waals surface area contributed by atoms with Crippen LogP contribution in [0.15, 0.2) is 54.6 Å². The number of carbonyl (C=O) groups excluding carboxylic acids is 1. The van der Waals surface area contributed by atoms with Crippen molar-refractivity contribution in [1.82, 2.24) is 14.7 Å². The maximum atomic E-state index is 13.1. The molecule has 0 aliphatic carbocycles. The zero-order valence-electron chi connectivity index (χ0n) is 13.9. The Kier molecular flexibility index (Phi) is 3.81. The SMILES string of the molecule is CC1CCCN(C(=O)c2nn(-c3ccccc3)c3ccccc23)C1. The normalized spacial score (nSPS) is 18.0. The van der Waals surface area contributed by atoms with Crippen LogP contribution in [-0.2, 0) is 0 Å². The summed E-state index contributed by atoms with van der Waals surface area (Å²) in [4.78, 5) is 15.0. The first-order valence-electron chi connectivity index (χ1n) is 8.56. The highest BCUT2D eigenvalue weighted by molar-refractivity contribution is 6.05. The molecule has 4 heteroatoms.